The highest BCUT2D eigenvalue weighted by Crippen LogP contribution is 2.63. The zero-order valence-electron chi connectivity index (χ0n) is 15.6. The summed E-state index contributed by atoms with van der Waals surface area (Å²) in [5.74, 6) is -1.66. The first kappa shape index (κ1) is 18.7. The van der Waals surface area contributed by atoms with Gasteiger partial charge in [0.15, 0.2) is 0 Å². The van der Waals surface area contributed by atoms with Crippen molar-refractivity contribution >= 4 is 11.9 Å². The van der Waals surface area contributed by atoms with Gasteiger partial charge in [0.05, 0.1) is 36.4 Å². The van der Waals surface area contributed by atoms with Crippen molar-refractivity contribution in [3.05, 3.63) is 23.8 Å². The number of carbonyl (C=O) groups excluding carboxylic acids is 2. The van der Waals surface area contributed by atoms with Crippen molar-refractivity contribution in [3.8, 4) is 0 Å². The Bertz CT molecular complexity index is 722. The van der Waals surface area contributed by atoms with Crippen LogP contribution < -0.4 is 0 Å². The van der Waals surface area contributed by atoms with Crippen molar-refractivity contribution in [1.29, 1.82) is 0 Å². The average molecular weight is 378 g/mol. The molecule has 7 heteroatoms. The van der Waals surface area contributed by atoms with E-state index in [4.69, 9.17) is 14.2 Å². The fraction of sp³-hybridized carbons (Fsp3) is 0.700. The second kappa shape index (κ2) is 6.15. The highest BCUT2D eigenvalue weighted by Gasteiger charge is 2.72. The van der Waals surface area contributed by atoms with Crippen molar-refractivity contribution in [3.63, 3.8) is 0 Å². The average Bonchev–Trinajstić information content (AvgIpc) is 3.31. The van der Waals surface area contributed by atoms with Crippen LogP contribution in [0.2, 0.25) is 0 Å². The minimum Gasteiger partial charge on any atom is -0.458 e. The van der Waals surface area contributed by atoms with Crippen molar-refractivity contribution in [2.24, 2.45) is 17.3 Å². The minimum absolute atomic E-state index is 0.184. The van der Waals surface area contributed by atoms with Crippen molar-refractivity contribution in [2.75, 3.05) is 13.2 Å². The molecule has 148 valence electrons. The zero-order chi connectivity index (χ0) is 19.6. The van der Waals surface area contributed by atoms with Gasteiger partial charge in [-0.2, -0.15) is 0 Å². The van der Waals surface area contributed by atoms with Gasteiger partial charge in [0.25, 0.3) is 0 Å². The van der Waals surface area contributed by atoms with Crippen LogP contribution in [0.15, 0.2) is 23.8 Å². The predicted molar refractivity (Wildman–Crippen MR) is 93.4 cm³/mol. The van der Waals surface area contributed by atoms with Crippen LogP contribution in [-0.4, -0.2) is 59.3 Å². The van der Waals surface area contributed by atoms with Crippen molar-refractivity contribution < 1.29 is 34.0 Å². The number of epoxide rings is 1. The fourth-order valence-electron chi connectivity index (χ4n) is 5.59. The van der Waals surface area contributed by atoms with Gasteiger partial charge in [-0.3, -0.25) is 0 Å². The summed E-state index contributed by atoms with van der Waals surface area (Å²) in [4.78, 5) is 24.6. The van der Waals surface area contributed by atoms with Gasteiger partial charge in [0.1, 0.15) is 12.2 Å². The topological polar surface area (TPSA) is 106 Å². The molecule has 2 saturated heterocycles. The van der Waals surface area contributed by atoms with Crippen LogP contribution in [0.5, 0.6) is 0 Å². The highest BCUT2D eigenvalue weighted by atomic mass is 16.6. The highest BCUT2D eigenvalue weighted by molar-refractivity contribution is 5.91. The van der Waals surface area contributed by atoms with Crippen LogP contribution in [0.4, 0.5) is 0 Å². The number of hydrogen-bond donors (Lipinski definition) is 2. The Balaban J connectivity index is 1.68. The van der Waals surface area contributed by atoms with Gasteiger partial charge in [0.2, 0.25) is 0 Å². The smallest absolute Gasteiger partial charge is 0.336 e. The van der Waals surface area contributed by atoms with Gasteiger partial charge in [-0.15, -0.1) is 0 Å². The molecule has 27 heavy (non-hydrogen) atoms. The number of ether oxygens (including phenoxy) is 3. The van der Waals surface area contributed by atoms with E-state index in [0.29, 0.717) is 31.4 Å². The second-order valence-corrected chi connectivity index (χ2v) is 8.43. The quantitative estimate of drug-likeness (QED) is 0.427. The van der Waals surface area contributed by atoms with E-state index in [0.717, 1.165) is 0 Å². The van der Waals surface area contributed by atoms with Crippen LogP contribution in [-0.2, 0) is 23.8 Å². The molecule has 0 aromatic rings. The van der Waals surface area contributed by atoms with E-state index in [9.17, 15) is 19.8 Å². The molecule has 0 aromatic heterocycles. The maximum absolute atomic E-state index is 12.4. The molecule has 4 fully saturated rings. The van der Waals surface area contributed by atoms with E-state index in [1.165, 1.54) is 6.08 Å². The summed E-state index contributed by atoms with van der Waals surface area (Å²) >= 11 is 0. The second-order valence-electron chi connectivity index (χ2n) is 8.43. The first-order chi connectivity index (χ1) is 12.8. The number of aliphatic hydroxyl groups excluding tert-OH is 2. The lowest BCUT2D eigenvalue weighted by Crippen LogP contribution is -2.63. The number of carbonyl (C=O) groups is 2. The predicted octanol–water partition coefficient (Wildman–Crippen LogP) is 0.884. The van der Waals surface area contributed by atoms with E-state index in [2.05, 4.69) is 6.58 Å². The summed E-state index contributed by atoms with van der Waals surface area (Å²) < 4.78 is 17.2. The third-order valence-electron chi connectivity index (χ3n) is 7.04. The standard InChI is InChI=1S/C20H26O7/c1-4-11(8-21)18(24)26-13-5-6-20(9-25-20)16-15-14(10(2)17(23)27-15)12(22)7-19(13,16)3/h4,12-16,21-22H,2,5-9H2,1,3H3/b11-4-/t12-,13-,14+,15-,16+,19-,20-/m0/s1. The molecule has 0 radical (unpaired) electrons. The van der Waals surface area contributed by atoms with Crippen molar-refractivity contribution in [1.82, 2.24) is 0 Å². The van der Waals surface area contributed by atoms with Crippen LogP contribution in [0, 0.1) is 17.3 Å². The van der Waals surface area contributed by atoms with Gasteiger partial charge in [-0.1, -0.05) is 19.6 Å². The number of esters is 2. The lowest BCUT2D eigenvalue weighted by Gasteiger charge is -2.56. The van der Waals surface area contributed by atoms with Gasteiger partial charge < -0.3 is 24.4 Å². The molecule has 1 spiro atoms. The van der Waals surface area contributed by atoms with Gasteiger partial charge in [-0.25, -0.2) is 9.59 Å². The molecule has 2 aliphatic heterocycles. The lowest BCUT2D eigenvalue weighted by atomic mass is 9.51. The molecule has 2 aliphatic carbocycles. The lowest BCUT2D eigenvalue weighted by molar-refractivity contribution is -0.202. The molecule has 4 aliphatic rings. The molecule has 0 unspecified atom stereocenters. The first-order valence-corrected chi connectivity index (χ1v) is 9.46. The summed E-state index contributed by atoms with van der Waals surface area (Å²) in [5, 5.41) is 20.1. The van der Waals surface area contributed by atoms with E-state index in [1.807, 2.05) is 6.92 Å². The molecular weight excluding hydrogens is 352 g/mol. The van der Waals surface area contributed by atoms with Gasteiger partial charge in [0, 0.05) is 16.9 Å². The van der Waals surface area contributed by atoms with E-state index < -0.39 is 47.2 Å². The van der Waals surface area contributed by atoms with E-state index in [1.54, 1.807) is 6.92 Å². The van der Waals surface area contributed by atoms with E-state index >= 15 is 0 Å². The molecule has 0 amide bonds. The van der Waals surface area contributed by atoms with Crippen LogP contribution >= 0.6 is 0 Å². The first-order valence-electron chi connectivity index (χ1n) is 9.46. The molecule has 0 bridgehead atoms. The molecule has 2 N–H and O–H groups in total. The summed E-state index contributed by atoms with van der Waals surface area (Å²) in [7, 11) is 0. The van der Waals surface area contributed by atoms with Crippen LogP contribution in [0.3, 0.4) is 0 Å². The zero-order valence-corrected chi connectivity index (χ0v) is 15.6. The Labute approximate surface area is 158 Å². The van der Waals surface area contributed by atoms with Crippen molar-refractivity contribution in [2.45, 2.75) is 57.0 Å². The largest absolute Gasteiger partial charge is 0.458 e. The third-order valence-corrected chi connectivity index (χ3v) is 7.04. The number of aliphatic hydroxyl groups is 2. The summed E-state index contributed by atoms with van der Waals surface area (Å²) in [5.41, 5.74) is -0.495. The number of hydrogen-bond acceptors (Lipinski definition) is 7. The normalized spacial score (nSPS) is 45.9. The monoisotopic (exact) mass is 378 g/mol. The minimum atomic E-state index is -0.802. The van der Waals surface area contributed by atoms with Crippen LogP contribution in [0.1, 0.15) is 33.1 Å². The molecular formula is C20H26O7. The summed E-state index contributed by atoms with van der Waals surface area (Å²) in [6.45, 7) is 7.65. The number of fused-ring (bicyclic) bond motifs is 4. The van der Waals surface area contributed by atoms with Crippen LogP contribution in [0.25, 0.3) is 0 Å². The van der Waals surface area contributed by atoms with Gasteiger partial charge >= 0.3 is 11.9 Å². The number of rotatable bonds is 3. The Morgan fingerprint density at radius 3 is 2.78 bits per heavy atom. The Kier molecular flexibility index (Phi) is 4.25. The number of allylic oxidation sites excluding steroid dienone is 1. The SMILES string of the molecule is C=C1C(=O)O[C@H]2[C@H]1[C@@H](O)C[C@@]1(C)[C@@H](OC(=O)/C(=C\C)CO)CC[C@]3(CO3)[C@H]21. The molecule has 2 saturated carbocycles. The Hall–Kier alpha value is -1.70. The maximum Gasteiger partial charge on any atom is 0.336 e. The fourth-order valence-corrected chi connectivity index (χ4v) is 5.59. The molecule has 7 atom stereocenters. The molecule has 2 heterocycles. The summed E-state index contributed by atoms with van der Waals surface area (Å²) in [6, 6.07) is 0. The molecule has 0 aromatic carbocycles. The third kappa shape index (κ3) is 2.59. The van der Waals surface area contributed by atoms with Gasteiger partial charge in [-0.05, 0) is 26.2 Å². The van der Waals surface area contributed by atoms with E-state index in [-0.39, 0.29) is 18.1 Å². The summed E-state index contributed by atoms with van der Waals surface area (Å²) in [6.07, 6.45) is 1.40. The Morgan fingerprint density at radius 1 is 1.48 bits per heavy atom. The molecule has 7 nitrogen and oxygen atoms in total. The Morgan fingerprint density at radius 2 is 2.19 bits per heavy atom. The maximum atomic E-state index is 12.4. The molecule has 4 rings (SSSR count).